The molecule has 3 heteroatoms. The number of hydrogen-bond donors (Lipinski definition) is 1. The highest BCUT2D eigenvalue weighted by Crippen LogP contribution is 2.36. The van der Waals surface area contributed by atoms with Crippen LogP contribution in [0.2, 0.25) is 0 Å². The molecule has 0 bridgehead atoms. The monoisotopic (exact) mass is 295 g/mol. The first-order chi connectivity index (χ1) is 8.08. The van der Waals surface area contributed by atoms with E-state index in [0.717, 1.165) is 23.6 Å². The Morgan fingerprint density at radius 3 is 2.76 bits per heavy atom. The molecule has 1 atom stereocenters. The normalized spacial score (nSPS) is 16.6. The summed E-state index contributed by atoms with van der Waals surface area (Å²) < 4.78 is 0. The van der Waals surface area contributed by atoms with Crippen molar-refractivity contribution in [2.75, 3.05) is 6.54 Å². The molecule has 0 aromatic heterocycles. The van der Waals surface area contributed by atoms with Crippen LogP contribution in [0.5, 0.6) is 0 Å². The van der Waals surface area contributed by atoms with Crippen molar-refractivity contribution in [3.63, 3.8) is 0 Å². The van der Waals surface area contributed by atoms with Gasteiger partial charge in [0, 0.05) is 16.9 Å². The van der Waals surface area contributed by atoms with E-state index in [1.165, 1.54) is 18.4 Å². The number of alkyl halides is 1. The highest BCUT2D eigenvalue weighted by atomic mass is 79.9. The molecule has 0 spiro atoms. The molecule has 92 valence electrons. The minimum atomic E-state index is 0.0348. The number of benzene rings is 1. The maximum absolute atomic E-state index is 12.0. The van der Waals surface area contributed by atoms with E-state index in [1.54, 1.807) is 0 Å². The zero-order valence-electron chi connectivity index (χ0n) is 10.3. The Labute approximate surface area is 111 Å². The van der Waals surface area contributed by atoms with Gasteiger partial charge in [0.2, 0.25) is 0 Å². The molecule has 1 aliphatic carbocycles. The molecule has 1 N–H and O–H groups in total. The van der Waals surface area contributed by atoms with Crippen molar-refractivity contribution in [3.8, 4) is 0 Å². The van der Waals surface area contributed by atoms with Gasteiger partial charge in [-0.25, -0.2) is 0 Å². The number of halogens is 1. The predicted octanol–water partition coefficient (Wildman–Crippen LogP) is 3.21. The summed E-state index contributed by atoms with van der Waals surface area (Å²) in [7, 11) is 0. The van der Waals surface area contributed by atoms with E-state index in [1.807, 2.05) is 32.0 Å². The van der Waals surface area contributed by atoms with Gasteiger partial charge in [0.1, 0.15) is 0 Å². The van der Waals surface area contributed by atoms with E-state index in [4.69, 9.17) is 0 Å². The minimum Gasteiger partial charge on any atom is -0.351 e. The van der Waals surface area contributed by atoms with Crippen molar-refractivity contribution < 1.29 is 4.79 Å². The van der Waals surface area contributed by atoms with Crippen molar-refractivity contribution in [2.45, 2.75) is 31.5 Å². The molecule has 17 heavy (non-hydrogen) atoms. The molecule has 1 amide bonds. The molecule has 1 aromatic carbocycles. The Morgan fingerprint density at radius 2 is 2.18 bits per heavy atom. The van der Waals surface area contributed by atoms with Gasteiger partial charge in [0.25, 0.3) is 5.91 Å². The van der Waals surface area contributed by atoms with E-state index in [9.17, 15) is 4.79 Å². The van der Waals surface area contributed by atoms with Gasteiger partial charge in [0.15, 0.2) is 0 Å². The first-order valence-electron chi connectivity index (χ1n) is 6.07. The molecule has 1 saturated carbocycles. The molecule has 0 aliphatic heterocycles. The third kappa shape index (κ3) is 3.32. The Kier molecular flexibility index (Phi) is 3.87. The van der Waals surface area contributed by atoms with E-state index >= 15 is 0 Å². The average Bonchev–Trinajstić information content (AvgIpc) is 3.09. The summed E-state index contributed by atoms with van der Waals surface area (Å²) in [5.74, 6) is 0.794. The fourth-order valence-corrected chi connectivity index (χ4v) is 2.67. The van der Waals surface area contributed by atoms with Crippen molar-refractivity contribution in [3.05, 3.63) is 34.9 Å². The lowest BCUT2D eigenvalue weighted by molar-refractivity contribution is 0.0953. The fourth-order valence-electron chi connectivity index (χ4n) is 1.98. The molecule has 0 heterocycles. The van der Waals surface area contributed by atoms with Crippen LogP contribution in [0.4, 0.5) is 0 Å². The molecular formula is C14H18BrNO. The largest absolute Gasteiger partial charge is 0.351 e. The Hall–Kier alpha value is -0.830. The van der Waals surface area contributed by atoms with Gasteiger partial charge in [0.05, 0.1) is 0 Å². The van der Waals surface area contributed by atoms with E-state index in [2.05, 4.69) is 21.2 Å². The maximum atomic E-state index is 12.0. The third-order valence-corrected chi connectivity index (χ3v) is 4.29. The van der Waals surface area contributed by atoms with Crippen LogP contribution in [-0.4, -0.2) is 17.3 Å². The molecule has 2 nitrogen and oxygen atoms in total. The summed E-state index contributed by atoms with van der Waals surface area (Å²) in [4.78, 5) is 12.4. The zero-order chi connectivity index (χ0) is 12.4. The molecule has 1 aromatic rings. The van der Waals surface area contributed by atoms with Crippen LogP contribution in [0.15, 0.2) is 18.2 Å². The van der Waals surface area contributed by atoms with Crippen molar-refractivity contribution in [1.82, 2.24) is 5.32 Å². The molecule has 2 rings (SSSR count). The summed E-state index contributed by atoms with van der Waals surface area (Å²) in [5, 5.41) is 2.99. The number of amides is 1. The highest BCUT2D eigenvalue weighted by Gasteiger charge is 2.29. The van der Waals surface area contributed by atoms with Crippen LogP contribution >= 0.6 is 15.9 Å². The standard InChI is InChI=1S/C14H18BrNO/c1-9-3-6-12(10(2)7-9)14(17)16-8-13(15)11-4-5-11/h3,6-7,11,13H,4-5,8H2,1-2H3,(H,16,17). The number of hydrogen-bond acceptors (Lipinski definition) is 1. The van der Waals surface area contributed by atoms with E-state index in [-0.39, 0.29) is 5.91 Å². The van der Waals surface area contributed by atoms with Crippen LogP contribution in [0.25, 0.3) is 0 Å². The SMILES string of the molecule is Cc1ccc(C(=O)NCC(Br)C2CC2)c(C)c1. The first-order valence-corrected chi connectivity index (χ1v) is 6.99. The number of nitrogens with one attached hydrogen (secondary N) is 1. The van der Waals surface area contributed by atoms with Crippen molar-refractivity contribution in [1.29, 1.82) is 0 Å². The Balaban J connectivity index is 1.94. The number of carbonyl (C=O) groups is 1. The molecule has 1 unspecified atom stereocenters. The quantitative estimate of drug-likeness (QED) is 0.849. The number of aryl methyl sites for hydroxylation is 2. The molecule has 1 fully saturated rings. The first kappa shape index (κ1) is 12.6. The fraction of sp³-hybridized carbons (Fsp3) is 0.500. The maximum Gasteiger partial charge on any atom is 0.251 e. The third-order valence-electron chi connectivity index (χ3n) is 3.22. The topological polar surface area (TPSA) is 29.1 Å². The van der Waals surface area contributed by atoms with Crippen LogP contribution in [0.3, 0.4) is 0 Å². The average molecular weight is 296 g/mol. The van der Waals surface area contributed by atoms with Crippen molar-refractivity contribution in [2.24, 2.45) is 5.92 Å². The van der Waals surface area contributed by atoms with Gasteiger partial charge >= 0.3 is 0 Å². The van der Waals surface area contributed by atoms with Crippen LogP contribution < -0.4 is 5.32 Å². The predicted molar refractivity (Wildman–Crippen MR) is 73.7 cm³/mol. The van der Waals surface area contributed by atoms with E-state index < -0.39 is 0 Å². The minimum absolute atomic E-state index is 0.0348. The summed E-state index contributed by atoms with van der Waals surface area (Å²) in [6.45, 7) is 4.74. The van der Waals surface area contributed by atoms with E-state index in [0.29, 0.717) is 4.83 Å². The second-order valence-electron chi connectivity index (χ2n) is 4.88. The lowest BCUT2D eigenvalue weighted by Crippen LogP contribution is -2.30. The molecule has 0 saturated heterocycles. The second-order valence-corrected chi connectivity index (χ2v) is 6.06. The highest BCUT2D eigenvalue weighted by molar-refractivity contribution is 9.09. The molecule has 1 aliphatic rings. The summed E-state index contributed by atoms with van der Waals surface area (Å²) in [6, 6.07) is 5.93. The zero-order valence-corrected chi connectivity index (χ0v) is 11.9. The van der Waals surface area contributed by atoms with Gasteiger partial charge in [-0.05, 0) is 44.2 Å². The Morgan fingerprint density at radius 1 is 1.47 bits per heavy atom. The molecule has 0 radical (unpaired) electrons. The van der Waals surface area contributed by atoms with Gasteiger partial charge in [-0.3, -0.25) is 4.79 Å². The van der Waals surface area contributed by atoms with Gasteiger partial charge < -0.3 is 5.32 Å². The molecular weight excluding hydrogens is 278 g/mol. The van der Waals surface area contributed by atoms with Gasteiger partial charge in [-0.15, -0.1) is 0 Å². The lowest BCUT2D eigenvalue weighted by atomic mass is 10.1. The van der Waals surface area contributed by atoms with Gasteiger partial charge in [-0.1, -0.05) is 33.6 Å². The van der Waals surface area contributed by atoms with Crippen LogP contribution in [0.1, 0.15) is 34.3 Å². The second kappa shape index (κ2) is 5.21. The van der Waals surface area contributed by atoms with Crippen LogP contribution in [-0.2, 0) is 0 Å². The summed E-state index contributed by atoms with van der Waals surface area (Å²) in [6.07, 6.45) is 2.57. The summed E-state index contributed by atoms with van der Waals surface area (Å²) >= 11 is 3.62. The number of rotatable bonds is 4. The smallest absolute Gasteiger partial charge is 0.251 e. The number of carbonyl (C=O) groups excluding carboxylic acids is 1. The Bertz CT molecular complexity index is 426. The van der Waals surface area contributed by atoms with Crippen LogP contribution in [0, 0.1) is 19.8 Å². The lowest BCUT2D eigenvalue weighted by Gasteiger charge is -2.11. The van der Waals surface area contributed by atoms with Gasteiger partial charge in [-0.2, -0.15) is 0 Å². The van der Waals surface area contributed by atoms with Crippen molar-refractivity contribution >= 4 is 21.8 Å². The summed E-state index contributed by atoms with van der Waals surface area (Å²) in [5.41, 5.74) is 3.02.